The van der Waals surface area contributed by atoms with Crippen molar-refractivity contribution < 1.29 is 13.2 Å². The van der Waals surface area contributed by atoms with E-state index in [0.29, 0.717) is 19.1 Å². The van der Waals surface area contributed by atoms with Gasteiger partial charge in [0, 0.05) is 44.6 Å². The van der Waals surface area contributed by atoms with E-state index in [1.165, 1.54) is 0 Å². The molecule has 128 valence electrons. The molecule has 23 heavy (non-hydrogen) atoms. The van der Waals surface area contributed by atoms with Crippen LogP contribution in [0.3, 0.4) is 0 Å². The Labute approximate surface area is 138 Å². The molecule has 0 radical (unpaired) electrons. The number of rotatable bonds is 3. The topological polar surface area (TPSA) is 62.6 Å². The van der Waals surface area contributed by atoms with E-state index in [1.807, 2.05) is 40.9 Å². The highest BCUT2D eigenvalue weighted by atomic mass is 32.2. The molecule has 0 unspecified atom stereocenters. The quantitative estimate of drug-likeness (QED) is 0.816. The first-order valence-electron chi connectivity index (χ1n) is 8.32. The van der Waals surface area contributed by atoms with Crippen molar-refractivity contribution >= 4 is 15.7 Å². The number of hydrogen-bond acceptors (Lipinski definition) is 4. The second-order valence-electron chi connectivity index (χ2n) is 6.55. The minimum Gasteiger partial charge on any atom is -0.342 e. The number of hydrogen-bond donors (Lipinski definition) is 0. The first-order valence-corrected chi connectivity index (χ1v) is 10.1. The highest BCUT2D eigenvalue weighted by Gasteiger charge is 2.32. The summed E-state index contributed by atoms with van der Waals surface area (Å²) in [6.45, 7) is 4.74. The lowest BCUT2D eigenvalue weighted by molar-refractivity contribution is -0.135. The van der Waals surface area contributed by atoms with Gasteiger partial charge in [0.25, 0.3) is 0 Å². The number of carbonyl (C=O) groups excluding carboxylic acids is 1. The van der Waals surface area contributed by atoms with Crippen molar-refractivity contribution in [3.63, 3.8) is 0 Å². The Morgan fingerprint density at radius 1 is 1.04 bits per heavy atom. The number of sulfone groups is 1. The van der Waals surface area contributed by atoms with Crippen LogP contribution in [0.1, 0.15) is 25.8 Å². The predicted molar refractivity (Wildman–Crippen MR) is 89.0 cm³/mol. The molecule has 0 N–H and O–H groups in total. The van der Waals surface area contributed by atoms with Gasteiger partial charge in [0.1, 0.15) is 6.04 Å². The van der Waals surface area contributed by atoms with Crippen molar-refractivity contribution in [3.8, 4) is 0 Å². The number of piperidine rings is 1. The summed E-state index contributed by atoms with van der Waals surface area (Å²) in [5.74, 6) is 0.717. The molecular weight excluding hydrogens is 314 g/mol. The van der Waals surface area contributed by atoms with Gasteiger partial charge in [0.05, 0.1) is 11.5 Å². The van der Waals surface area contributed by atoms with Crippen LogP contribution in [0.2, 0.25) is 0 Å². The minimum absolute atomic E-state index is 0.165. The zero-order chi connectivity index (χ0) is 16.4. The third kappa shape index (κ3) is 3.77. The zero-order valence-electron chi connectivity index (χ0n) is 13.6. The molecule has 7 heteroatoms. The fraction of sp³-hybridized carbons (Fsp3) is 0.688. The first-order chi connectivity index (χ1) is 11.0. The Kier molecular flexibility index (Phi) is 4.77. The largest absolute Gasteiger partial charge is 0.342 e. The molecule has 3 rings (SSSR count). The van der Waals surface area contributed by atoms with Crippen molar-refractivity contribution in [2.75, 3.05) is 37.7 Å². The molecule has 2 fully saturated rings. The van der Waals surface area contributed by atoms with Gasteiger partial charge in [-0.3, -0.25) is 9.69 Å². The van der Waals surface area contributed by atoms with E-state index in [-0.39, 0.29) is 23.5 Å². The van der Waals surface area contributed by atoms with E-state index < -0.39 is 9.84 Å². The van der Waals surface area contributed by atoms with E-state index in [1.54, 1.807) is 0 Å². The molecule has 2 aliphatic rings. The van der Waals surface area contributed by atoms with Gasteiger partial charge in [0.2, 0.25) is 5.91 Å². The van der Waals surface area contributed by atoms with Crippen LogP contribution < -0.4 is 0 Å². The van der Waals surface area contributed by atoms with Gasteiger partial charge in [-0.05, 0) is 31.9 Å². The van der Waals surface area contributed by atoms with Crippen molar-refractivity contribution in [3.05, 3.63) is 24.5 Å². The highest BCUT2D eigenvalue weighted by Crippen LogP contribution is 2.21. The Bertz CT molecular complexity index is 620. The van der Waals surface area contributed by atoms with Crippen LogP contribution in [-0.2, 0) is 14.6 Å². The van der Waals surface area contributed by atoms with Gasteiger partial charge in [-0.25, -0.2) is 8.42 Å². The minimum atomic E-state index is -2.82. The second kappa shape index (κ2) is 6.65. The van der Waals surface area contributed by atoms with Gasteiger partial charge in [-0.1, -0.05) is 0 Å². The van der Waals surface area contributed by atoms with E-state index in [4.69, 9.17) is 0 Å². The lowest BCUT2D eigenvalue weighted by Crippen LogP contribution is -2.51. The van der Waals surface area contributed by atoms with Gasteiger partial charge in [-0.2, -0.15) is 0 Å². The lowest BCUT2D eigenvalue weighted by Gasteiger charge is -2.40. The van der Waals surface area contributed by atoms with Gasteiger partial charge in [-0.15, -0.1) is 0 Å². The molecule has 1 amide bonds. The standard InChI is InChI=1S/C16H25N3O3S/c1-14(17-6-2-3-7-17)16(20)19-8-4-15(5-9-19)18-10-12-23(21,22)13-11-18/h2-3,6-7,14-15H,4-5,8-13H2,1H3/t14-/m0/s1. The van der Waals surface area contributed by atoms with E-state index in [2.05, 4.69) is 4.90 Å². The second-order valence-corrected chi connectivity index (χ2v) is 8.85. The van der Waals surface area contributed by atoms with Gasteiger partial charge < -0.3 is 9.47 Å². The van der Waals surface area contributed by atoms with E-state index >= 15 is 0 Å². The Morgan fingerprint density at radius 2 is 1.61 bits per heavy atom. The van der Waals surface area contributed by atoms with Crippen molar-refractivity contribution in [2.24, 2.45) is 0 Å². The van der Waals surface area contributed by atoms with Crippen molar-refractivity contribution in [2.45, 2.75) is 31.8 Å². The summed E-state index contributed by atoms with van der Waals surface area (Å²) in [6.07, 6.45) is 5.71. The molecule has 3 heterocycles. The average Bonchev–Trinajstić information content (AvgIpc) is 3.08. The lowest BCUT2D eigenvalue weighted by atomic mass is 10.0. The molecule has 1 aromatic rings. The molecular formula is C16H25N3O3S. The molecule has 0 bridgehead atoms. The molecule has 0 saturated carbocycles. The average molecular weight is 339 g/mol. The van der Waals surface area contributed by atoms with Crippen LogP contribution >= 0.6 is 0 Å². The zero-order valence-corrected chi connectivity index (χ0v) is 14.4. The normalized spacial score (nSPS) is 24.5. The van der Waals surface area contributed by atoms with Crippen LogP contribution in [0.4, 0.5) is 0 Å². The number of amides is 1. The number of likely N-dealkylation sites (tertiary alicyclic amines) is 1. The molecule has 2 aliphatic heterocycles. The number of carbonyl (C=O) groups is 1. The van der Waals surface area contributed by atoms with Crippen LogP contribution in [-0.4, -0.2) is 72.4 Å². The maximum absolute atomic E-state index is 12.6. The highest BCUT2D eigenvalue weighted by molar-refractivity contribution is 7.91. The summed E-state index contributed by atoms with van der Waals surface area (Å²) in [5.41, 5.74) is 0. The molecule has 1 aromatic heterocycles. The first kappa shape index (κ1) is 16.5. The van der Waals surface area contributed by atoms with Gasteiger partial charge in [0.15, 0.2) is 9.84 Å². The summed E-state index contributed by atoms with van der Waals surface area (Å²) >= 11 is 0. The van der Waals surface area contributed by atoms with E-state index in [9.17, 15) is 13.2 Å². The maximum Gasteiger partial charge on any atom is 0.245 e. The fourth-order valence-corrected chi connectivity index (χ4v) is 4.77. The van der Waals surface area contributed by atoms with E-state index in [0.717, 1.165) is 25.9 Å². The molecule has 0 aliphatic carbocycles. The Balaban J connectivity index is 1.51. The van der Waals surface area contributed by atoms with Crippen LogP contribution in [0.25, 0.3) is 0 Å². The molecule has 1 atom stereocenters. The predicted octanol–water partition coefficient (Wildman–Crippen LogP) is 0.771. The summed E-state index contributed by atoms with van der Waals surface area (Å²) in [4.78, 5) is 16.8. The summed E-state index contributed by atoms with van der Waals surface area (Å²) < 4.78 is 25.0. The summed E-state index contributed by atoms with van der Waals surface area (Å²) in [6, 6.07) is 4.11. The molecule has 2 saturated heterocycles. The SMILES string of the molecule is C[C@@H](C(=O)N1CCC(N2CCS(=O)(=O)CC2)CC1)n1cccc1. The third-order valence-electron chi connectivity index (χ3n) is 5.10. The fourth-order valence-electron chi connectivity index (χ4n) is 3.54. The molecule has 0 aromatic carbocycles. The Hall–Kier alpha value is -1.34. The monoisotopic (exact) mass is 339 g/mol. The number of aromatic nitrogens is 1. The smallest absolute Gasteiger partial charge is 0.245 e. The Morgan fingerprint density at radius 3 is 2.17 bits per heavy atom. The van der Waals surface area contributed by atoms with Crippen molar-refractivity contribution in [1.82, 2.24) is 14.4 Å². The molecule has 6 nitrogen and oxygen atoms in total. The maximum atomic E-state index is 12.6. The van der Waals surface area contributed by atoms with Crippen molar-refractivity contribution in [1.29, 1.82) is 0 Å². The summed E-state index contributed by atoms with van der Waals surface area (Å²) in [7, 11) is -2.82. The van der Waals surface area contributed by atoms with Crippen LogP contribution in [0.5, 0.6) is 0 Å². The van der Waals surface area contributed by atoms with Crippen LogP contribution in [0.15, 0.2) is 24.5 Å². The molecule has 0 spiro atoms. The summed E-state index contributed by atoms with van der Waals surface area (Å²) in [5, 5.41) is 0. The van der Waals surface area contributed by atoms with Crippen LogP contribution in [0, 0.1) is 0 Å². The number of nitrogens with zero attached hydrogens (tertiary/aromatic N) is 3. The van der Waals surface area contributed by atoms with Gasteiger partial charge >= 0.3 is 0 Å². The third-order valence-corrected chi connectivity index (χ3v) is 6.71.